The summed E-state index contributed by atoms with van der Waals surface area (Å²) in [4.78, 5) is 26.8. The SMILES string of the molecule is C=CCN(CC=C)CC(=O)Nc1cccc(C(=O)NC(C)c2ccccc2)c1. The number of amides is 2. The molecule has 0 aromatic heterocycles. The molecule has 0 bridgehead atoms. The summed E-state index contributed by atoms with van der Waals surface area (Å²) in [5.41, 5.74) is 2.11. The zero-order chi connectivity index (χ0) is 20.4. The van der Waals surface area contributed by atoms with Crippen molar-refractivity contribution in [2.24, 2.45) is 0 Å². The highest BCUT2D eigenvalue weighted by Gasteiger charge is 2.13. The predicted molar refractivity (Wildman–Crippen MR) is 114 cm³/mol. The predicted octanol–water partition coefficient (Wildman–Crippen LogP) is 3.79. The largest absolute Gasteiger partial charge is 0.346 e. The Bertz CT molecular complexity index is 808. The summed E-state index contributed by atoms with van der Waals surface area (Å²) < 4.78 is 0. The fourth-order valence-corrected chi connectivity index (χ4v) is 2.82. The molecular formula is C23H27N3O2. The van der Waals surface area contributed by atoms with Crippen molar-refractivity contribution in [3.8, 4) is 0 Å². The molecule has 0 saturated carbocycles. The molecule has 2 amide bonds. The highest BCUT2D eigenvalue weighted by molar-refractivity contribution is 5.97. The van der Waals surface area contributed by atoms with E-state index in [1.165, 1.54) is 0 Å². The van der Waals surface area contributed by atoms with E-state index in [0.29, 0.717) is 24.3 Å². The molecule has 2 aromatic rings. The van der Waals surface area contributed by atoms with Crippen LogP contribution >= 0.6 is 0 Å². The van der Waals surface area contributed by atoms with Crippen LogP contribution in [0.1, 0.15) is 28.9 Å². The maximum atomic E-state index is 12.6. The molecule has 0 aliphatic rings. The lowest BCUT2D eigenvalue weighted by molar-refractivity contribution is -0.117. The van der Waals surface area contributed by atoms with Gasteiger partial charge in [0.05, 0.1) is 12.6 Å². The van der Waals surface area contributed by atoms with Gasteiger partial charge in [-0.15, -0.1) is 13.2 Å². The van der Waals surface area contributed by atoms with Crippen LogP contribution in [0, 0.1) is 0 Å². The fraction of sp³-hybridized carbons (Fsp3) is 0.217. The van der Waals surface area contributed by atoms with Gasteiger partial charge in [0.25, 0.3) is 5.91 Å². The van der Waals surface area contributed by atoms with E-state index in [9.17, 15) is 9.59 Å². The Morgan fingerprint density at radius 1 is 1.04 bits per heavy atom. The standard InChI is InChI=1S/C23H27N3O2/c1-4-14-26(15-5-2)17-22(27)25-21-13-9-12-20(16-21)23(28)24-18(3)19-10-7-6-8-11-19/h4-13,16,18H,1-2,14-15,17H2,3H3,(H,24,28)(H,25,27). The number of anilines is 1. The minimum atomic E-state index is -0.188. The number of rotatable bonds is 10. The minimum Gasteiger partial charge on any atom is -0.346 e. The van der Waals surface area contributed by atoms with Crippen LogP contribution in [0.3, 0.4) is 0 Å². The average Bonchev–Trinajstić information content (AvgIpc) is 2.69. The first-order chi connectivity index (χ1) is 13.5. The molecule has 5 heteroatoms. The number of nitrogens with zero attached hydrogens (tertiary/aromatic N) is 1. The van der Waals surface area contributed by atoms with Gasteiger partial charge in [0.2, 0.25) is 5.91 Å². The molecule has 0 heterocycles. The molecule has 0 spiro atoms. The third-order valence-electron chi connectivity index (χ3n) is 4.20. The van der Waals surface area contributed by atoms with Gasteiger partial charge < -0.3 is 10.6 Å². The summed E-state index contributed by atoms with van der Waals surface area (Å²) in [5, 5.41) is 5.82. The van der Waals surface area contributed by atoms with Gasteiger partial charge in [0, 0.05) is 24.3 Å². The molecule has 28 heavy (non-hydrogen) atoms. The third-order valence-corrected chi connectivity index (χ3v) is 4.20. The minimum absolute atomic E-state index is 0.113. The van der Waals surface area contributed by atoms with Crippen LogP contribution in [0.25, 0.3) is 0 Å². The Labute approximate surface area is 166 Å². The lowest BCUT2D eigenvalue weighted by Gasteiger charge is -2.18. The van der Waals surface area contributed by atoms with Crippen molar-refractivity contribution < 1.29 is 9.59 Å². The Hall–Kier alpha value is -3.18. The number of hydrogen-bond acceptors (Lipinski definition) is 3. The van der Waals surface area contributed by atoms with Crippen LogP contribution in [0.5, 0.6) is 0 Å². The van der Waals surface area contributed by atoms with Crippen molar-refractivity contribution in [1.82, 2.24) is 10.2 Å². The molecule has 146 valence electrons. The highest BCUT2D eigenvalue weighted by Crippen LogP contribution is 2.15. The monoisotopic (exact) mass is 377 g/mol. The van der Waals surface area contributed by atoms with Gasteiger partial charge in [-0.25, -0.2) is 0 Å². The maximum Gasteiger partial charge on any atom is 0.251 e. The van der Waals surface area contributed by atoms with Crippen molar-refractivity contribution in [2.45, 2.75) is 13.0 Å². The Morgan fingerprint density at radius 3 is 2.36 bits per heavy atom. The first-order valence-electron chi connectivity index (χ1n) is 9.23. The van der Waals surface area contributed by atoms with Crippen molar-refractivity contribution >= 4 is 17.5 Å². The number of carbonyl (C=O) groups excluding carboxylic acids is 2. The Balaban J connectivity index is 1.98. The van der Waals surface area contributed by atoms with Gasteiger partial charge in [-0.3, -0.25) is 14.5 Å². The molecule has 0 fully saturated rings. The zero-order valence-electron chi connectivity index (χ0n) is 16.2. The summed E-state index contributed by atoms with van der Waals surface area (Å²) >= 11 is 0. The summed E-state index contributed by atoms with van der Waals surface area (Å²) in [6, 6.07) is 16.6. The van der Waals surface area contributed by atoms with E-state index in [1.54, 1.807) is 36.4 Å². The zero-order valence-corrected chi connectivity index (χ0v) is 16.2. The van der Waals surface area contributed by atoms with Crippen molar-refractivity contribution in [3.05, 3.63) is 91.0 Å². The van der Waals surface area contributed by atoms with Crippen LogP contribution < -0.4 is 10.6 Å². The quantitative estimate of drug-likeness (QED) is 0.619. The van der Waals surface area contributed by atoms with Gasteiger partial charge in [0.1, 0.15) is 0 Å². The second-order valence-electron chi connectivity index (χ2n) is 6.51. The van der Waals surface area contributed by atoms with E-state index in [-0.39, 0.29) is 24.4 Å². The third kappa shape index (κ3) is 6.52. The lowest BCUT2D eigenvalue weighted by Crippen LogP contribution is -2.33. The number of carbonyl (C=O) groups is 2. The summed E-state index contributed by atoms with van der Waals surface area (Å²) in [6.07, 6.45) is 3.49. The van der Waals surface area contributed by atoms with Crippen LogP contribution in [0.2, 0.25) is 0 Å². The van der Waals surface area contributed by atoms with E-state index >= 15 is 0 Å². The van der Waals surface area contributed by atoms with E-state index < -0.39 is 0 Å². The Kier molecular flexibility index (Phi) is 8.18. The normalized spacial score (nSPS) is 11.5. The molecule has 0 radical (unpaired) electrons. The van der Waals surface area contributed by atoms with Crippen molar-refractivity contribution in [1.29, 1.82) is 0 Å². The molecule has 0 saturated heterocycles. The second kappa shape index (κ2) is 10.8. The molecule has 5 nitrogen and oxygen atoms in total. The first-order valence-corrected chi connectivity index (χ1v) is 9.23. The number of hydrogen-bond donors (Lipinski definition) is 2. The van der Waals surface area contributed by atoms with Crippen LogP contribution in [0.4, 0.5) is 5.69 Å². The molecule has 2 rings (SSSR count). The van der Waals surface area contributed by atoms with E-state index in [4.69, 9.17) is 0 Å². The van der Waals surface area contributed by atoms with Crippen LogP contribution in [0.15, 0.2) is 79.9 Å². The van der Waals surface area contributed by atoms with E-state index in [1.807, 2.05) is 42.2 Å². The summed E-state index contributed by atoms with van der Waals surface area (Å²) in [7, 11) is 0. The highest BCUT2D eigenvalue weighted by atomic mass is 16.2. The maximum absolute atomic E-state index is 12.6. The second-order valence-corrected chi connectivity index (χ2v) is 6.51. The van der Waals surface area contributed by atoms with Gasteiger partial charge in [-0.1, -0.05) is 48.6 Å². The molecule has 0 aliphatic carbocycles. The topological polar surface area (TPSA) is 61.4 Å². The van der Waals surface area contributed by atoms with Gasteiger partial charge >= 0.3 is 0 Å². The van der Waals surface area contributed by atoms with Crippen molar-refractivity contribution in [2.75, 3.05) is 25.0 Å². The molecule has 2 N–H and O–H groups in total. The fourth-order valence-electron chi connectivity index (χ4n) is 2.82. The smallest absolute Gasteiger partial charge is 0.251 e. The first kappa shape index (κ1) is 21.1. The molecular weight excluding hydrogens is 350 g/mol. The number of benzene rings is 2. The van der Waals surface area contributed by atoms with Crippen LogP contribution in [-0.4, -0.2) is 36.3 Å². The van der Waals surface area contributed by atoms with Crippen LogP contribution in [-0.2, 0) is 4.79 Å². The number of nitrogens with one attached hydrogen (secondary N) is 2. The van der Waals surface area contributed by atoms with Gasteiger partial charge in [0.15, 0.2) is 0 Å². The van der Waals surface area contributed by atoms with Gasteiger partial charge in [-0.2, -0.15) is 0 Å². The lowest BCUT2D eigenvalue weighted by atomic mass is 10.1. The van der Waals surface area contributed by atoms with Crippen molar-refractivity contribution in [3.63, 3.8) is 0 Å². The summed E-state index contributed by atoms with van der Waals surface area (Å²) in [6.45, 7) is 10.7. The van der Waals surface area contributed by atoms with E-state index in [0.717, 1.165) is 5.56 Å². The van der Waals surface area contributed by atoms with E-state index in [2.05, 4.69) is 23.8 Å². The Morgan fingerprint density at radius 2 is 1.71 bits per heavy atom. The average molecular weight is 377 g/mol. The molecule has 1 atom stereocenters. The summed E-state index contributed by atoms with van der Waals surface area (Å²) in [5.74, 6) is -0.341. The molecule has 2 aromatic carbocycles. The molecule has 1 unspecified atom stereocenters. The molecule has 0 aliphatic heterocycles. The van der Waals surface area contributed by atoms with Gasteiger partial charge in [-0.05, 0) is 30.7 Å².